The molecule has 2 aliphatic heterocycles. The second-order valence-electron chi connectivity index (χ2n) is 12.4. The number of pyridine rings is 1. The third-order valence-corrected chi connectivity index (χ3v) is 10.6. The molecule has 0 unspecified atom stereocenters. The number of aromatic nitrogens is 1. The van der Waals surface area contributed by atoms with Crippen LogP contribution in [0.2, 0.25) is 0 Å². The van der Waals surface area contributed by atoms with Crippen LogP contribution in [0.1, 0.15) is 67.4 Å². The van der Waals surface area contributed by atoms with E-state index in [2.05, 4.69) is 14.9 Å². The fourth-order valence-corrected chi connectivity index (χ4v) is 8.15. The van der Waals surface area contributed by atoms with Gasteiger partial charge in [0, 0.05) is 68.6 Å². The molecule has 2 aromatic carbocycles. The molecule has 2 fully saturated rings. The van der Waals surface area contributed by atoms with Crippen LogP contribution in [0.15, 0.2) is 70.4 Å². The molecule has 2 N–H and O–H groups in total. The van der Waals surface area contributed by atoms with E-state index in [0.29, 0.717) is 42.3 Å². The minimum absolute atomic E-state index is 0.00794. The van der Waals surface area contributed by atoms with Gasteiger partial charge in [-0.25, -0.2) is 8.42 Å². The molecule has 11 heteroatoms. The first kappa shape index (κ1) is 29.9. The van der Waals surface area contributed by atoms with Gasteiger partial charge in [0.2, 0.25) is 5.91 Å². The number of piperidine rings is 1. The van der Waals surface area contributed by atoms with Gasteiger partial charge < -0.3 is 19.7 Å². The lowest BCUT2D eigenvalue weighted by Gasteiger charge is -2.44. The van der Waals surface area contributed by atoms with Gasteiger partial charge in [-0.3, -0.25) is 19.1 Å². The number of hydrogen-bond acceptors (Lipinski definition) is 6. The van der Waals surface area contributed by atoms with E-state index in [9.17, 15) is 22.8 Å². The van der Waals surface area contributed by atoms with Crippen molar-refractivity contribution in [3.05, 3.63) is 82.3 Å². The summed E-state index contributed by atoms with van der Waals surface area (Å²) in [5.74, 6) is -0.0268. The number of nitrogens with one attached hydrogen (secondary N) is 2. The molecule has 1 saturated carbocycles. The summed E-state index contributed by atoms with van der Waals surface area (Å²) in [6.07, 6.45) is 6.27. The molecule has 3 aliphatic rings. The van der Waals surface area contributed by atoms with Gasteiger partial charge >= 0.3 is 0 Å². The largest absolute Gasteiger partial charge is 0.369 e. The Balaban J connectivity index is 1.34. The summed E-state index contributed by atoms with van der Waals surface area (Å²) in [4.78, 5) is 41.6. The molecular weight excluding hydrogens is 578 g/mol. The highest BCUT2D eigenvalue weighted by atomic mass is 32.2. The average Bonchev–Trinajstić information content (AvgIpc) is 3.01. The van der Waals surface area contributed by atoms with Gasteiger partial charge in [0.15, 0.2) is 0 Å². The molecule has 6 rings (SSSR count). The highest BCUT2D eigenvalue weighted by molar-refractivity contribution is 7.92. The maximum Gasteiger partial charge on any atom is 0.261 e. The first-order valence-electron chi connectivity index (χ1n) is 15.4. The molecule has 0 spiro atoms. The molecule has 10 nitrogen and oxygen atoms in total. The van der Waals surface area contributed by atoms with E-state index in [0.717, 1.165) is 37.8 Å². The van der Waals surface area contributed by atoms with Crippen molar-refractivity contribution in [1.29, 1.82) is 0 Å². The fraction of sp³-hybridized carbons (Fsp3) is 0.424. The lowest BCUT2D eigenvalue weighted by atomic mass is 9.83. The van der Waals surface area contributed by atoms with Crippen LogP contribution >= 0.6 is 0 Å². The van der Waals surface area contributed by atoms with Gasteiger partial charge in [-0.1, -0.05) is 25.3 Å². The van der Waals surface area contributed by atoms with Crippen molar-refractivity contribution >= 4 is 38.9 Å². The van der Waals surface area contributed by atoms with Gasteiger partial charge in [-0.2, -0.15) is 0 Å². The van der Waals surface area contributed by atoms with Gasteiger partial charge in [0.05, 0.1) is 16.3 Å². The Morgan fingerprint density at radius 3 is 2.41 bits per heavy atom. The number of carbonyl (C=O) groups is 2. The minimum Gasteiger partial charge on any atom is -0.369 e. The van der Waals surface area contributed by atoms with Crippen molar-refractivity contribution in [2.24, 2.45) is 5.92 Å². The normalized spacial score (nSPS) is 20.0. The topological polar surface area (TPSA) is 121 Å². The molecule has 232 valence electrons. The predicted octanol–water partition coefficient (Wildman–Crippen LogP) is 4.64. The van der Waals surface area contributed by atoms with E-state index in [1.165, 1.54) is 25.5 Å². The zero-order valence-electron chi connectivity index (χ0n) is 25.2. The molecule has 3 aromatic rings. The maximum absolute atomic E-state index is 13.7. The SMILES string of the molecule is CC(=O)Nc1ccc(S(=O)(=O)Nc2cc(C(=O)N(C)C3CCCCC3)ccc2N2C[C@@H]3C[C@@H](C2)c2cccc(=O)n2C3)cc1. The summed E-state index contributed by atoms with van der Waals surface area (Å²) in [6, 6.07) is 16.8. The molecule has 2 amide bonds. The Morgan fingerprint density at radius 1 is 0.932 bits per heavy atom. The monoisotopic (exact) mass is 617 g/mol. The summed E-state index contributed by atoms with van der Waals surface area (Å²) < 4.78 is 32.0. The van der Waals surface area contributed by atoms with Crippen molar-refractivity contribution in [2.75, 3.05) is 35.1 Å². The molecule has 1 aliphatic carbocycles. The van der Waals surface area contributed by atoms with Crippen LogP contribution in [0, 0.1) is 5.92 Å². The number of carbonyl (C=O) groups excluding carboxylic acids is 2. The van der Waals surface area contributed by atoms with Crippen LogP contribution in [0.25, 0.3) is 0 Å². The van der Waals surface area contributed by atoms with Crippen molar-refractivity contribution in [1.82, 2.24) is 9.47 Å². The third-order valence-electron chi connectivity index (χ3n) is 9.24. The lowest BCUT2D eigenvalue weighted by molar-refractivity contribution is -0.114. The molecule has 3 heterocycles. The quantitative estimate of drug-likeness (QED) is 0.399. The zero-order valence-corrected chi connectivity index (χ0v) is 26.0. The Bertz CT molecular complexity index is 1730. The van der Waals surface area contributed by atoms with Crippen molar-refractivity contribution in [3.8, 4) is 0 Å². The summed E-state index contributed by atoms with van der Waals surface area (Å²) in [5, 5.41) is 2.65. The minimum atomic E-state index is -4.04. The second kappa shape index (κ2) is 12.1. The van der Waals surface area contributed by atoms with Crippen LogP contribution in [-0.4, -0.2) is 55.9 Å². The average molecular weight is 618 g/mol. The van der Waals surface area contributed by atoms with Crippen LogP contribution in [0.5, 0.6) is 0 Å². The van der Waals surface area contributed by atoms with Gasteiger partial charge in [0.1, 0.15) is 0 Å². The van der Waals surface area contributed by atoms with E-state index in [4.69, 9.17) is 0 Å². The smallest absolute Gasteiger partial charge is 0.261 e. The van der Waals surface area contributed by atoms with E-state index in [-0.39, 0.29) is 40.1 Å². The molecular formula is C33H39N5O5S. The number of fused-ring (bicyclic) bond motifs is 4. The number of benzene rings is 2. The number of nitrogens with zero attached hydrogens (tertiary/aromatic N) is 3. The van der Waals surface area contributed by atoms with Crippen LogP contribution in [-0.2, 0) is 21.4 Å². The Morgan fingerprint density at radius 2 is 1.68 bits per heavy atom. The highest BCUT2D eigenvalue weighted by Crippen LogP contribution is 2.40. The molecule has 2 bridgehead atoms. The standard InChI is InChI=1S/C33H39N5O5S/c1-22(39)34-26-12-14-28(15-13-26)44(42,43)35-29-18-24(33(41)36(2)27-7-4-3-5-8-27)11-16-31(29)37-19-23-17-25(21-37)30-9-6-10-32(40)38(30)20-23/h6,9-16,18,23,25,27,35H,3-5,7-8,17,19-21H2,1-2H3,(H,34,39)/t23-,25-/m0/s1. The fourth-order valence-electron chi connectivity index (χ4n) is 7.08. The summed E-state index contributed by atoms with van der Waals surface area (Å²) in [6.45, 7) is 3.29. The van der Waals surface area contributed by atoms with Crippen LogP contribution in [0.3, 0.4) is 0 Å². The van der Waals surface area contributed by atoms with Crippen LogP contribution in [0.4, 0.5) is 17.1 Å². The second-order valence-corrected chi connectivity index (χ2v) is 14.0. The summed E-state index contributed by atoms with van der Waals surface area (Å²) in [5.41, 5.74) is 2.96. The number of sulfonamides is 1. The molecule has 0 radical (unpaired) electrons. The van der Waals surface area contributed by atoms with E-state index in [1.807, 2.05) is 23.7 Å². The van der Waals surface area contributed by atoms with Crippen LogP contribution < -0.4 is 20.5 Å². The Hall–Kier alpha value is -4.12. The van der Waals surface area contributed by atoms with E-state index >= 15 is 0 Å². The van der Waals surface area contributed by atoms with Gasteiger partial charge in [0.25, 0.3) is 21.5 Å². The third kappa shape index (κ3) is 6.10. The number of hydrogen-bond donors (Lipinski definition) is 2. The zero-order chi connectivity index (χ0) is 31.0. The summed E-state index contributed by atoms with van der Waals surface area (Å²) in [7, 11) is -2.20. The van der Waals surface area contributed by atoms with E-state index in [1.54, 1.807) is 41.3 Å². The van der Waals surface area contributed by atoms with Crippen molar-refractivity contribution in [3.63, 3.8) is 0 Å². The Kier molecular flexibility index (Phi) is 8.24. The lowest BCUT2D eigenvalue weighted by Crippen LogP contribution is -2.47. The predicted molar refractivity (Wildman–Crippen MR) is 171 cm³/mol. The number of rotatable bonds is 7. The molecule has 1 aromatic heterocycles. The van der Waals surface area contributed by atoms with Gasteiger partial charge in [-0.05, 0) is 73.7 Å². The number of amides is 2. The van der Waals surface area contributed by atoms with Crippen molar-refractivity contribution in [2.45, 2.75) is 68.8 Å². The number of anilines is 3. The first-order chi connectivity index (χ1) is 21.1. The highest BCUT2D eigenvalue weighted by Gasteiger charge is 2.36. The molecule has 2 atom stereocenters. The molecule has 1 saturated heterocycles. The van der Waals surface area contributed by atoms with E-state index < -0.39 is 10.0 Å². The summed E-state index contributed by atoms with van der Waals surface area (Å²) >= 11 is 0. The first-order valence-corrected chi connectivity index (χ1v) is 16.8. The van der Waals surface area contributed by atoms with Gasteiger partial charge in [-0.15, -0.1) is 0 Å². The van der Waals surface area contributed by atoms with Crippen molar-refractivity contribution < 1.29 is 18.0 Å². The Labute approximate surface area is 258 Å². The maximum atomic E-state index is 13.7. The molecule has 44 heavy (non-hydrogen) atoms.